The molecular formula is C13H20N2O2. The molecule has 1 aromatic heterocycles. The Labute approximate surface area is 102 Å². The van der Waals surface area contributed by atoms with Crippen LogP contribution in [-0.4, -0.2) is 29.9 Å². The molecule has 17 heavy (non-hydrogen) atoms. The second-order valence-corrected chi connectivity index (χ2v) is 4.89. The second-order valence-electron chi connectivity index (χ2n) is 4.89. The lowest BCUT2D eigenvalue weighted by Crippen LogP contribution is -2.41. The summed E-state index contributed by atoms with van der Waals surface area (Å²) in [4.78, 5) is 13.9. The molecule has 0 spiro atoms. The third kappa shape index (κ3) is 2.69. The van der Waals surface area contributed by atoms with E-state index in [2.05, 4.69) is 0 Å². The van der Waals surface area contributed by atoms with E-state index in [-0.39, 0.29) is 5.91 Å². The molecule has 0 bridgehead atoms. The van der Waals surface area contributed by atoms with Crippen molar-refractivity contribution >= 4 is 5.91 Å². The van der Waals surface area contributed by atoms with E-state index in [1.165, 1.54) is 0 Å². The van der Waals surface area contributed by atoms with Gasteiger partial charge in [0.1, 0.15) is 5.76 Å². The normalized spacial score (nSPS) is 24.6. The first-order valence-electron chi connectivity index (χ1n) is 6.17. The zero-order valence-corrected chi connectivity index (χ0v) is 10.5. The average Bonchev–Trinajstić information content (AvgIpc) is 2.75. The summed E-state index contributed by atoms with van der Waals surface area (Å²) in [6.45, 7) is 1.84. The number of amides is 1. The van der Waals surface area contributed by atoms with Gasteiger partial charge in [-0.1, -0.05) is 0 Å². The number of nitrogens with zero attached hydrogens (tertiary/aromatic N) is 1. The van der Waals surface area contributed by atoms with Gasteiger partial charge in [-0.15, -0.1) is 0 Å². The minimum atomic E-state index is -0.0291. The molecule has 0 atom stereocenters. The Kier molecular flexibility index (Phi) is 3.52. The third-order valence-corrected chi connectivity index (χ3v) is 3.56. The summed E-state index contributed by atoms with van der Waals surface area (Å²) in [5.41, 5.74) is 5.87. The van der Waals surface area contributed by atoms with Crippen molar-refractivity contribution in [2.45, 2.75) is 44.7 Å². The summed E-state index contributed by atoms with van der Waals surface area (Å²) in [6.07, 6.45) is 3.98. The van der Waals surface area contributed by atoms with Crippen molar-refractivity contribution in [1.29, 1.82) is 0 Å². The van der Waals surface area contributed by atoms with Crippen LogP contribution in [0.4, 0.5) is 0 Å². The van der Waals surface area contributed by atoms with Crippen LogP contribution in [0.25, 0.3) is 0 Å². The maximum atomic E-state index is 12.1. The van der Waals surface area contributed by atoms with Crippen LogP contribution < -0.4 is 5.73 Å². The van der Waals surface area contributed by atoms with Gasteiger partial charge >= 0.3 is 0 Å². The molecule has 1 amide bonds. The quantitative estimate of drug-likeness (QED) is 0.853. The summed E-state index contributed by atoms with van der Waals surface area (Å²) < 4.78 is 5.36. The third-order valence-electron chi connectivity index (χ3n) is 3.56. The highest BCUT2D eigenvalue weighted by atomic mass is 16.3. The molecule has 2 N–H and O–H groups in total. The van der Waals surface area contributed by atoms with Crippen molar-refractivity contribution in [2.75, 3.05) is 7.05 Å². The minimum Gasteiger partial charge on any atom is -0.456 e. The molecule has 2 rings (SSSR count). The molecular weight excluding hydrogens is 216 g/mol. The Morgan fingerprint density at radius 2 is 2.00 bits per heavy atom. The smallest absolute Gasteiger partial charge is 0.289 e. The average molecular weight is 236 g/mol. The van der Waals surface area contributed by atoms with Gasteiger partial charge in [-0.25, -0.2) is 0 Å². The number of carbonyl (C=O) groups is 1. The maximum Gasteiger partial charge on any atom is 0.289 e. The fraction of sp³-hybridized carbons (Fsp3) is 0.615. The summed E-state index contributed by atoms with van der Waals surface area (Å²) >= 11 is 0. The Morgan fingerprint density at radius 1 is 1.35 bits per heavy atom. The number of aryl methyl sites for hydroxylation is 1. The van der Waals surface area contributed by atoms with Crippen molar-refractivity contribution in [3.63, 3.8) is 0 Å². The first-order chi connectivity index (χ1) is 8.08. The van der Waals surface area contributed by atoms with Crippen molar-refractivity contribution < 1.29 is 9.21 Å². The standard InChI is InChI=1S/C13H20N2O2/c1-9-3-8-12(17-9)13(16)15(2)11-6-4-10(14)5-7-11/h3,8,10-11H,4-7,14H2,1-2H3. The summed E-state index contributed by atoms with van der Waals surface area (Å²) in [7, 11) is 1.85. The zero-order valence-electron chi connectivity index (χ0n) is 10.5. The molecule has 94 valence electrons. The van der Waals surface area contributed by atoms with E-state index in [9.17, 15) is 4.79 Å². The molecule has 1 aliphatic carbocycles. The zero-order chi connectivity index (χ0) is 12.4. The van der Waals surface area contributed by atoms with Crippen molar-refractivity contribution in [3.05, 3.63) is 23.7 Å². The monoisotopic (exact) mass is 236 g/mol. The van der Waals surface area contributed by atoms with Crippen LogP contribution in [0.3, 0.4) is 0 Å². The second kappa shape index (κ2) is 4.92. The predicted octanol–water partition coefficient (Wildman–Crippen LogP) is 1.93. The van der Waals surface area contributed by atoms with E-state index in [1.54, 1.807) is 11.0 Å². The summed E-state index contributed by atoms with van der Waals surface area (Å²) in [5, 5.41) is 0. The topological polar surface area (TPSA) is 59.5 Å². The lowest BCUT2D eigenvalue weighted by atomic mass is 9.91. The molecule has 4 heteroatoms. The number of hydrogen-bond acceptors (Lipinski definition) is 3. The van der Waals surface area contributed by atoms with E-state index < -0.39 is 0 Å². The number of rotatable bonds is 2. The van der Waals surface area contributed by atoms with E-state index >= 15 is 0 Å². The van der Waals surface area contributed by atoms with Gasteiger partial charge in [-0.05, 0) is 44.7 Å². The molecule has 0 saturated heterocycles. The first kappa shape index (κ1) is 12.2. The molecule has 4 nitrogen and oxygen atoms in total. The lowest BCUT2D eigenvalue weighted by Gasteiger charge is -2.33. The van der Waals surface area contributed by atoms with Crippen LogP contribution in [0.5, 0.6) is 0 Å². The largest absolute Gasteiger partial charge is 0.456 e. The number of carbonyl (C=O) groups excluding carboxylic acids is 1. The molecule has 0 aromatic carbocycles. The van der Waals surface area contributed by atoms with Crippen molar-refractivity contribution in [1.82, 2.24) is 4.90 Å². The van der Waals surface area contributed by atoms with Crippen LogP contribution in [0.1, 0.15) is 42.0 Å². The van der Waals surface area contributed by atoms with E-state index in [0.29, 0.717) is 17.8 Å². The molecule has 0 radical (unpaired) electrons. The maximum absolute atomic E-state index is 12.1. The number of hydrogen-bond donors (Lipinski definition) is 1. The minimum absolute atomic E-state index is 0.0291. The first-order valence-corrected chi connectivity index (χ1v) is 6.17. The number of furan rings is 1. The van der Waals surface area contributed by atoms with Gasteiger partial charge in [0.05, 0.1) is 0 Å². The van der Waals surface area contributed by atoms with E-state index in [4.69, 9.17) is 10.2 Å². The Balaban J connectivity index is 2.00. The lowest BCUT2D eigenvalue weighted by molar-refractivity contribution is 0.0656. The summed E-state index contributed by atoms with van der Waals surface area (Å²) in [5.74, 6) is 1.17. The van der Waals surface area contributed by atoms with Crippen LogP contribution in [0.15, 0.2) is 16.5 Å². The highest BCUT2D eigenvalue weighted by Crippen LogP contribution is 2.22. The summed E-state index contributed by atoms with van der Waals surface area (Å²) in [6, 6.07) is 4.16. The van der Waals surface area contributed by atoms with Crippen LogP contribution in [0.2, 0.25) is 0 Å². The molecule has 1 aliphatic rings. The van der Waals surface area contributed by atoms with Gasteiger partial charge < -0.3 is 15.1 Å². The Hall–Kier alpha value is -1.29. The highest BCUT2D eigenvalue weighted by molar-refractivity contribution is 5.91. The van der Waals surface area contributed by atoms with Crippen molar-refractivity contribution in [3.8, 4) is 0 Å². The van der Waals surface area contributed by atoms with Gasteiger partial charge in [0.2, 0.25) is 0 Å². The Bertz CT molecular complexity index is 392. The fourth-order valence-electron chi connectivity index (χ4n) is 2.38. The molecule has 0 unspecified atom stereocenters. The molecule has 1 fully saturated rings. The fourth-order valence-corrected chi connectivity index (χ4v) is 2.38. The van der Waals surface area contributed by atoms with Gasteiger partial charge in [0.15, 0.2) is 5.76 Å². The molecule has 1 heterocycles. The van der Waals surface area contributed by atoms with Crippen molar-refractivity contribution in [2.24, 2.45) is 5.73 Å². The SMILES string of the molecule is Cc1ccc(C(=O)N(C)C2CCC(N)CC2)o1. The highest BCUT2D eigenvalue weighted by Gasteiger charge is 2.26. The van der Waals surface area contributed by atoms with Crippen LogP contribution in [-0.2, 0) is 0 Å². The van der Waals surface area contributed by atoms with E-state index in [1.807, 2.05) is 20.0 Å². The predicted molar refractivity (Wildman–Crippen MR) is 65.8 cm³/mol. The van der Waals surface area contributed by atoms with Gasteiger partial charge in [0, 0.05) is 19.1 Å². The van der Waals surface area contributed by atoms with Gasteiger partial charge in [0.25, 0.3) is 5.91 Å². The van der Waals surface area contributed by atoms with Gasteiger partial charge in [-0.3, -0.25) is 4.79 Å². The van der Waals surface area contributed by atoms with Gasteiger partial charge in [-0.2, -0.15) is 0 Å². The van der Waals surface area contributed by atoms with E-state index in [0.717, 1.165) is 31.4 Å². The molecule has 0 aliphatic heterocycles. The molecule has 1 aromatic rings. The van der Waals surface area contributed by atoms with Crippen LogP contribution >= 0.6 is 0 Å². The number of nitrogens with two attached hydrogens (primary N) is 1. The molecule has 1 saturated carbocycles. The Morgan fingerprint density at radius 3 is 2.53 bits per heavy atom. The van der Waals surface area contributed by atoms with Crippen LogP contribution in [0, 0.1) is 6.92 Å².